The van der Waals surface area contributed by atoms with Gasteiger partial charge >= 0.3 is 31.1 Å². The molecule has 6 atom stereocenters. The fourth-order valence-electron chi connectivity index (χ4n) is 13.1. The summed E-state index contributed by atoms with van der Waals surface area (Å²) in [6.07, 6.45) is -7.18. The van der Waals surface area contributed by atoms with E-state index in [1.807, 2.05) is 0 Å². The number of amides is 6. The van der Waals surface area contributed by atoms with Crippen molar-refractivity contribution < 1.29 is 108 Å². The number of rotatable bonds is 23. The summed E-state index contributed by atoms with van der Waals surface area (Å²) in [5.41, 5.74) is 0.216. The van der Waals surface area contributed by atoms with E-state index in [1.165, 1.54) is 59.7 Å². The number of aryl methyl sites for hydroxylation is 3. The Morgan fingerprint density at radius 1 is 0.381 bits per heavy atom. The standard InChI is InChI=1S/C27H33F3N2O2.C25H26F6N2O3.C25H26F6N2O2.6H2/c1-18(2)20-13-10-19(11-14-20)12-15-21-6-3-4-9-24(21)32-25(33)17-31-26(34)22-7-5-8-23(16-22)27(28,29)30;26-24(27,28)19-6-3-5-18(14-19)23(35)32-15-22(34)33-21-7-2-1-4-17(21)11-8-16-9-12-20(13-10-16)36-25(29,30)31;26-24(27,28)19-12-9-16(10-13-19)8-11-17-4-1-2-7-21(17)33-22(34)15-32-23(35)18-5-3-6-20(14-18)25(29,30)31;;;;;;/h5,7-8,10-11,13-14,16,18,21,24H,3-4,6,9,12,15,17H2,1-2H3,(H,31,34)(H,32,33);3,5-6,9-10,12-14,17,21H,1-2,4,7-8,11,15H2,(H,32,35)(H,33,34);3,5-6,9-10,12-14,17,21H,1-2,4,7-8,11,15H2,(H,32,35)(H,33,34);6*1H/t21-,24-;2*17-,21-;;;;;;/m000....../s1. The molecule has 582 valence electrons. The molecule has 0 aromatic heterocycles. The largest absolute Gasteiger partial charge is 0.573 e. The van der Waals surface area contributed by atoms with Crippen LogP contribution < -0.4 is 36.6 Å². The molecule has 6 N–H and O–H groups in total. The summed E-state index contributed by atoms with van der Waals surface area (Å²) in [6, 6.07) is 31.2. The summed E-state index contributed by atoms with van der Waals surface area (Å²) in [4.78, 5) is 74.0. The normalized spacial score (nSPS) is 18.5. The molecule has 3 aliphatic rings. The van der Waals surface area contributed by atoms with E-state index in [0.29, 0.717) is 37.5 Å². The third-order valence-corrected chi connectivity index (χ3v) is 18.8. The molecule has 0 saturated heterocycles. The highest BCUT2D eigenvalue weighted by Crippen LogP contribution is 2.36. The maximum absolute atomic E-state index is 12.9. The van der Waals surface area contributed by atoms with Gasteiger partial charge in [-0.3, -0.25) is 28.8 Å². The lowest BCUT2D eigenvalue weighted by atomic mass is 9.81. The lowest BCUT2D eigenvalue weighted by Crippen LogP contribution is -2.46. The van der Waals surface area contributed by atoms with Crippen molar-refractivity contribution in [1.29, 1.82) is 0 Å². The molecule has 0 spiro atoms. The lowest BCUT2D eigenvalue weighted by molar-refractivity contribution is -0.274. The quantitative estimate of drug-likeness (QED) is 0.0345. The maximum Gasteiger partial charge on any atom is 0.573 e. The number of carbonyl (C=O) groups excluding carboxylic acids is 6. The maximum atomic E-state index is 12.9. The van der Waals surface area contributed by atoms with Gasteiger partial charge in [-0.2, -0.15) is 52.7 Å². The fourth-order valence-corrected chi connectivity index (χ4v) is 13.1. The van der Waals surface area contributed by atoms with Gasteiger partial charge in [0.25, 0.3) is 17.7 Å². The van der Waals surface area contributed by atoms with Crippen LogP contribution in [0.4, 0.5) is 65.9 Å². The number of hydrogen-bond donors (Lipinski definition) is 6. The Bertz CT molecular complexity index is 3840. The van der Waals surface area contributed by atoms with E-state index in [0.717, 1.165) is 162 Å². The third kappa shape index (κ3) is 28.0. The van der Waals surface area contributed by atoms with Crippen molar-refractivity contribution in [3.8, 4) is 5.75 Å². The molecular weight excluding hydrogens is 1410 g/mol. The third-order valence-electron chi connectivity index (χ3n) is 18.8. The van der Waals surface area contributed by atoms with E-state index in [4.69, 9.17) is 0 Å². The Hall–Kier alpha value is -9.11. The van der Waals surface area contributed by atoms with Crippen molar-refractivity contribution in [2.75, 3.05) is 19.6 Å². The van der Waals surface area contributed by atoms with Crippen molar-refractivity contribution in [2.24, 2.45) is 17.8 Å². The average Bonchev–Trinajstić information content (AvgIpc) is 0.858. The van der Waals surface area contributed by atoms with Crippen molar-refractivity contribution in [1.82, 2.24) is 31.9 Å². The van der Waals surface area contributed by atoms with E-state index < -0.39 is 82.9 Å². The Morgan fingerprint density at radius 3 is 0.952 bits per heavy atom. The van der Waals surface area contributed by atoms with Gasteiger partial charge in [0.2, 0.25) is 17.7 Å². The van der Waals surface area contributed by atoms with Crippen LogP contribution in [0.15, 0.2) is 146 Å². The molecule has 3 saturated carbocycles. The summed E-state index contributed by atoms with van der Waals surface area (Å²) >= 11 is 0. The highest BCUT2D eigenvalue weighted by atomic mass is 19.4. The molecule has 0 aliphatic heterocycles. The van der Waals surface area contributed by atoms with E-state index >= 15 is 0 Å². The molecule has 3 aliphatic carbocycles. The Kier molecular flexibility index (Phi) is 30.3. The Labute approximate surface area is 607 Å². The van der Waals surface area contributed by atoms with Gasteiger partial charge in [-0.05, 0) is 202 Å². The summed E-state index contributed by atoms with van der Waals surface area (Å²) < 4.78 is 195. The number of ether oxygens (including phenoxy) is 1. The second-order valence-corrected chi connectivity index (χ2v) is 26.8. The van der Waals surface area contributed by atoms with Crippen molar-refractivity contribution in [3.05, 3.63) is 207 Å². The van der Waals surface area contributed by atoms with Crippen LogP contribution in [-0.2, 0) is 58.4 Å². The van der Waals surface area contributed by atoms with Crippen LogP contribution in [0, 0.1) is 17.8 Å². The van der Waals surface area contributed by atoms with Gasteiger partial charge in [-0.25, -0.2) is 0 Å². The van der Waals surface area contributed by atoms with Gasteiger partial charge in [0.05, 0.1) is 41.9 Å². The number of alkyl halides is 15. The highest BCUT2D eigenvalue weighted by molar-refractivity contribution is 5.98. The molecule has 28 heteroatoms. The minimum absolute atomic E-state index is 0. The molecule has 6 amide bonds. The predicted octanol–water partition coefficient (Wildman–Crippen LogP) is 18.7. The van der Waals surface area contributed by atoms with Crippen LogP contribution in [-0.4, -0.2) is 79.6 Å². The summed E-state index contributed by atoms with van der Waals surface area (Å²) in [5.74, 6) is -2.63. The van der Waals surface area contributed by atoms with Gasteiger partial charge in [0, 0.05) is 43.4 Å². The molecule has 0 radical (unpaired) electrons. The number of nitrogens with one attached hydrogen (secondary N) is 6. The van der Waals surface area contributed by atoms with Gasteiger partial charge in [-0.15, -0.1) is 13.2 Å². The molecule has 13 nitrogen and oxygen atoms in total. The zero-order valence-corrected chi connectivity index (χ0v) is 57.8. The van der Waals surface area contributed by atoms with E-state index in [-0.39, 0.29) is 86.5 Å². The molecule has 0 bridgehead atoms. The zero-order chi connectivity index (χ0) is 76.7. The van der Waals surface area contributed by atoms with Gasteiger partial charge in [0.1, 0.15) is 5.75 Å². The van der Waals surface area contributed by atoms with Gasteiger partial charge in [0.15, 0.2) is 0 Å². The second kappa shape index (κ2) is 38.2. The predicted molar refractivity (Wildman–Crippen MR) is 376 cm³/mol. The molecule has 0 unspecified atom stereocenters. The summed E-state index contributed by atoms with van der Waals surface area (Å²) in [6.45, 7) is 3.32. The number of halogens is 15. The van der Waals surface area contributed by atoms with E-state index in [2.05, 4.69) is 74.8 Å². The molecule has 9 rings (SSSR count). The molecule has 6 aromatic rings. The number of benzene rings is 6. The van der Waals surface area contributed by atoms with Crippen LogP contribution in [0.25, 0.3) is 0 Å². The molecule has 105 heavy (non-hydrogen) atoms. The van der Waals surface area contributed by atoms with Crippen LogP contribution in [0.5, 0.6) is 5.75 Å². The molecule has 6 aromatic carbocycles. The second-order valence-electron chi connectivity index (χ2n) is 26.8. The van der Waals surface area contributed by atoms with E-state index in [9.17, 15) is 94.6 Å². The first-order chi connectivity index (χ1) is 49.5. The first-order valence-corrected chi connectivity index (χ1v) is 34.8. The fraction of sp³-hybridized carbons (Fsp3) is 0.455. The Balaban J connectivity index is 0.000000811. The number of hydrogen-bond acceptors (Lipinski definition) is 7. The van der Waals surface area contributed by atoms with Crippen LogP contribution in [0.3, 0.4) is 0 Å². The minimum Gasteiger partial charge on any atom is -0.406 e. The van der Waals surface area contributed by atoms with Crippen LogP contribution >= 0.6 is 0 Å². The molecule has 3 fully saturated rings. The summed E-state index contributed by atoms with van der Waals surface area (Å²) in [5, 5.41) is 16.0. The van der Waals surface area contributed by atoms with Crippen molar-refractivity contribution in [3.63, 3.8) is 0 Å². The summed E-state index contributed by atoms with van der Waals surface area (Å²) in [7, 11) is 0. The van der Waals surface area contributed by atoms with Gasteiger partial charge < -0.3 is 36.6 Å². The Morgan fingerprint density at radius 2 is 0.667 bits per heavy atom. The smallest absolute Gasteiger partial charge is 0.406 e. The topological polar surface area (TPSA) is 184 Å². The monoisotopic (exact) mass is 1500 g/mol. The number of carbonyl (C=O) groups is 6. The highest BCUT2D eigenvalue weighted by Gasteiger charge is 2.36. The zero-order valence-electron chi connectivity index (χ0n) is 57.8. The SMILES string of the molecule is CC(C)c1ccc(CC[C@@H]2CCCC[C@@H]2NC(=O)CNC(=O)c2cccc(C(F)(F)F)c2)cc1.O=C(CNC(=O)c1cccc(C(F)(F)F)c1)N[C@H]1CCCC[C@H]1CCc1ccc(C(F)(F)F)cc1.O=C(CNC(=O)c1cccc(C(F)(F)F)c1)N[C@H]1CCCC[C@H]1CCc1ccc(OC(F)(F)F)cc1.[HH].[HH].[HH].[HH].[HH].[HH]. The van der Waals surface area contributed by atoms with Crippen LogP contribution in [0.1, 0.15) is 200 Å². The minimum atomic E-state index is -4.75. The van der Waals surface area contributed by atoms with E-state index in [1.54, 1.807) is 12.1 Å². The first kappa shape index (κ1) is 83.2. The van der Waals surface area contributed by atoms with Gasteiger partial charge in [-0.1, -0.05) is 119 Å². The van der Waals surface area contributed by atoms with Crippen LogP contribution in [0.2, 0.25) is 0 Å². The molecular formula is C77H97F15N6O7. The average molecular weight is 1500 g/mol. The molecule has 0 heterocycles. The van der Waals surface area contributed by atoms with Crippen molar-refractivity contribution >= 4 is 35.4 Å². The lowest BCUT2D eigenvalue weighted by Gasteiger charge is -2.32. The van der Waals surface area contributed by atoms with Crippen molar-refractivity contribution in [2.45, 2.75) is 185 Å². The first-order valence-electron chi connectivity index (χ1n) is 34.8.